The Bertz CT molecular complexity index is 3160. The van der Waals surface area contributed by atoms with Crippen LogP contribution in [0.4, 0.5) is 0 Å². The fourth-order valence-corrected chi connectivity index (χ4v) is 9.88. The topological polar surface area (TPSA) is 57.0 Å². The molecular weight excluding hydrogens is 967 g/mol. The molecule has 0 bridgehead atoms. The summed E-state index contributed by atoms with van der Waals surface area (Å²) >= 11 is 0. The SMILES string of the molecule is CC(C)c1cc(-c2ccccc2)cc(C(C)C)c1-n1c(-c2[c-]ccc3c2oc2ccccc23)nc2ccccc21.Cc1ccc(-c2cc(-c3[c-]cccc3)ncc2[Si](C)(C)C)o1.[Ir]. The van der Waals surface area contributed by atoms with Crippen LogP contribution in [0.15, 0.2) is 161 Å². The number of nitrogens with zero attached hydrogens (tertiary/aromatic N) is 3. The van der Waals surface area contributed by atoms with E-state index in [-0.39, 0.29) is 20.1 Å². The molecular formula is C56H51IrN3O2Si-2. The Hall–Kier alpha value is -6.11. The molecule has 10 rings (SSSR count). The van der Waals surface area contributed by atoms with Crippen molar-refractivity contribution >= 4 is 46.2 Å². The second-order valence-corrected chi connectivity index (χ2v) is 22.7. The van der Waals surface area contributed by atoms with Crippen molar-refractivity contribution in [2.75, 3.05) is 0 Å². The maximum Gasteiger partial charge on any atom is 0.133 e. The number of hydrogen-bond acceptors (Lipinski definition) is 4. The number of aryl methyl sites for hydroxylation is 1. The Labute approximate surface area is 385 Å². The molecule has 4 aromatic heterocycles. The van der Waals surface area contributed by atoms with Gasteiger partial charge in [-0.1, -0.05) is 125 Å². The van der Waals surface area contributed by atoms with Crippen LogP contribution in [0.3, 0.4) is 0 Å². The molecule has 10 aromatic rings. The van der Waals surface area contributed by atoms with Crippen LogP contribution in [-0.4, -0.2) is 22.6 Å². The van der Waals surface area contributed by atoms with Gasteiger partial charge in [-0.2, -0.15) is 0 Å². The summed E-state index contributed by atoms with van der Waals surface area (Å²) in [5.41, 5.74) is 14.0. The Morgan fingerprint density at radius 1 is 0.651 bits per heavy atom. The van der Waals surface area contributed by atoms with E-state index in [9.17, 15) is 0 Å². The molecule has 4 heterocycles. The van der Waals surface area contributed by atoms with Crippen LogP contribution in [0.5, 0.6) is 0 Å². The van der Waals surface area contributed by atoms with E-state index in [4.69, 9.17) is 13.8 Å². The van der Waals surface area contributed by atoms with E-state index in [1.165, 1.54) is 33.1 Å². The molecule has 0 atom stereocenters. The molecule has 1 radical (unpaired) electrons. The van der Waals surface area contributed by atoms with Gasteiger partial charge >= 0.3 is 0 Å². The Kier molecular flexibility index (Phi) is 12.4. The Morgan fingerprint density at radius 2 is 1.35 bits per heavy atom. The van der Waals surface area contributed by atoms with Gasteiger partial charge in [0.25, 0.3) is 0 Å². The normalized spacial score (nSPS) is 11.7. The summed E-state index contributed by atoms with van der Waals surface area (Å²) < 4.78 is 14.7. The predicted octanol–water partition coefficient (Wildman–Crippen LogP) is 15.0. The summed E-state index contributed by atoms with van der Waals surface area (Å²) in [4.78, 5) is 9.90. The average Bonchev–Trinajstić information content (AvgIpc) is 4.01. The van der Waals surface area contributed by atoms with Crippen LogP contribution in [0.1, 0.15) is 56.4 Å². The van der Waals surface area contributed by atoms with Crippen LogP contribution >= 0.6 is 0 Å². The van der Waals surface area contributed by atoms with E-state index in [1.54, 1.807) is 0 Å². The monoisotopic (exact) mass is 1020 g/mol. The largest absolute Gasteiger partial charge is 0.501 e. The van der Waals surface area contributed by atoms with E-state index in [0.29, 0.717) is 11.8 Å². The fourth-order valence-electron chi connectivity index (χ4n) is 8.43. The minimum Gasteiger partial charge on any atom is -0.501 e. The molecule has 0 aliphatic rings. The number of imidazole rings is 1. The van der Waals surface area contributed by atoms with Crippen molar-refractivity contribution in [1.29, 1.82) is 0 Å². The van der Waals surface area contributed by atoms with Gasteiger partial charge in [0.05, 0.1) is 30.5 Å². The molecule has 7 heteroatoms. The molecule has 0 N–H and O–H groups in total. The third-order valence-corrected chi connectivity index (χ3v) is 13.6. The summed E-state index contributed by atoms with van der Waals surface area (Å²) in [5, 5.41) is 3.51. The molecule has 0 aliphatic heterocycles. The van der Waals surface area contributed by atoms with E-state index in [1.807, 2.05) is 67.7 Å². The third-order valence-electron chi connectivity index (χ3n) is 11.6. The molecule has 0 saturated heterocycles. The number of rotatable bonds is 8. The first-order valence-electron chi connectivity index (χ1n) is 21.5. The van der Waals surface area contributed by atoms with Gasteiger partial charge in [0.1, 0.15) is 17.1 Å². The Morgan fingerprint density at radius 3 is 2.03 bits per heavy atom. The molecule has 6 aromatic carbocycles. The van der Waals surface area contributed by atoms with Gasteiger partial charge in [-0.05, 0) is 94.4 Å². The molecule has 0 aliphatic carbocycles. The molecule has 0 saturated carbocycles. The standard InChI is InChI=1S/C37H31N2O.C19H20NOSi.Ir/c1-23(2)30-21-26(25-13-6-5-7-14-25)22-31(24(3)4)35(30)39-33-19-10-9-18-32(33)38-37(39)29-17-12-16-28-27-15-8-11-20-34(27)40-36(28)29;1-14-10-11-18(21-14)16-12-17(15-8-6-5-7-9-15)20-13-19(16)22(2,3)4;/h5-16,18-24H,1-4H3;5-8,10-13H,1-4H3;/q2*-1;. The van der Waals surface area contributed by atoms with Crippen LogP contribution < -0.4 is 5.19 Å². The number of furan rings is 2. The minimum absolute atomic E-state index is 0. The molecule has 63 heavy (non-hydrogen) atoms. The number of aromatic nitrogens is 3. The minimum atomic E-state index is -1.51. The van der Waals surface area contributed by atoms with E-state index >= 15 is 0 Å². The number of para-hydroxylation sites is 3. The average molecular weight is 1020 g/mol. The number of hydrogen-bond donors (Lipinski definition) is 0. The number of fused-ring (bicyclic) bond motifs is 4. The number of pyridine rings is 1. The molecule has 0 unspecified atom stereocenters. The van der Waals surface area contributed by atoms with Gasteiger partial charge in [-0.3, -0.25) is 4.98 Å². The Balaban J connectivity index is 0.000000201. The summed E-state index contributed by atoms with van der Waals surface area (Å²) in [6.07, 6.45) is 2.02. The predicted molar refractivity (Wildman–Crippen MR) is 260 cm³/mol. The molecule has 0 amide bonds. The smallest absolute Gasteiger partial charge is 0.133 e. The van der Waals surface area contributed by atoms with Crippen molar-refractivity contribution in [1.82, 2.24) is 14.5 Å². The van der Waals surface area contributed by atoms with Crippen molar-refractivity contribution < 1.29 is 28.9 Å². The zero-order chi connectivity index (χ0) is 43.1. The first-order valence-corrected chi connectivity index (χ1v) is 25.0. The summed E-state index contributed by atoms with van der Waals surface area (Å²) in [6.45, 7) is 18.1. The zero-order valence-electron chi connectivity index (χ0n) is 37.1. The third kappa shape index (κ3) is 8.54. The van der Waals surface area contributed by atoms with Crippen LogP contribution in [0.25, 0.3) is 83.8 Å². The molecule has 0 fully saturated rings. The fraction of sp³-hybridized carbons (Fsp3) is 0.179. The molecule has 317 valence electrons. The van der Waals surface area contributed by atoms with Crippen LogP contribution in [0.2, 0.25) is 19.6 Å². The van der Waals surface area contributed by atoms with E-state index < -0.39 is 8.07 Å². The maximum atomic E-state index is 6.47. The first-order chi connectivity index (χ1) is 30.0. The van der Waals surface area contributed by atoms with Crippen molar-refractivity contribution in [3.05, 3.63) is 181 Å². The van der Waals surface area contributed by atoms with Gasteiger partial charge < -0.3 is 18.4 Å². The van der Waals surface area contributed by atoms with Crippen molar-refractivity contribution in [2.24, 2.45) is 0 Å². The van der Waals surface area contributed by atoms with Crippen LogP contribution in [-0.2, 0) is 20.1 Å². The van der Waals surface area contributed by atoms with Crippen molar-refractivity contribution in [3.63, 3.8) is 0 Å². The summed E-state index contributed by atoms with van der Waals surface area (Å²) in [5.74, 6) is 3.31. The van der Waals surface area contributed by atoms with E-state index in [2.05, 4.69) is 160 Å². The van der Waals surface area contributed by atoms with Crippen molar-refractivity contribution in [3.8, 4) is 50.8 Å². The van der Waals surface area contributed by atoms with Crippen LogP contribution in [0, 0.1) is 19.1 Å². The van der Waals surface area contributed by atoms with E-state index in [0.717, 1.165) is 72.7 Å². The summed E-state index contributed by atoms with van der Waals surface area (Å²) in [6, 6.07) is 57.0. The second kappa shape index (κ2) is 17.9. The quantitative estimate of drug-likeness (QED) is 0.112. The van der Waals surface area contributed by atoms with Gasteiger partial charge in [0.2, 0.25) is 0 Å². The van der Waals surface area contributed by atoms with Gasteiger partial charge in [0.15, 0.2) is 0 Å². The van der Waals surface area contributed by atoms with Gasteiger partial charge in [-0.25, -0.2) is 0 Å². The number of benzene rings is 6. The maximum absolute atomic E-state index is 6.47. The van der Waals surface area contributed by atoms with Gasteiger partial charge in [-0.15, -0.1) is 54.1 Å². The zero-order valence-corrected chi connectivity index (χ0v) is 40.5. The van der Waals surface area contributed by atoms with Crippen molar-refractivity contribution in [2.45, 2.75) is 66.1 Å². The first kappa shape index (κ1) is 43.5. The molecule has 5 nitrogen and oxygen atoms in total. The summed E-state index contributed by atoms with van der Waals surface area (Å²) in [7, 11) is -1.51. The second-order valence-electron chi connectivity index (χ2n) is 17.7. The molecule has 0 spiro atoms. The van der Waals surface area contributed by atoms with Gasteiger partial charge in [0, 0.05) is 42.9 Å².